The monoisotopic (exact) mass is 482 g/mol. The maximum Gasteiger partial charge on any atom is 0.243 e. The van der Waals surface area contributed by atoms with Crippen LogP contribution in [-0.4, -0.2) is 51.1 Å². The number of sulfonamides is 1. The molecule has 0 aromatic heterocycles. The lowest BCUT2D eigenvalue weighted by atomic mass is 9.99. The fourth-order valence-corrected chi connectivity index (χ4v) is 6.13. The van der Waals surface area contributed by atoms with E-state index in [0.29, 0.717) is 31.7 Å². The van der Waals surface area contributed by atoms with Crippen molar-refractivity contribution >= 4 is 39.3 Å². The third kappa shape index (κ3) is 6.38. The highest BCUT2D eigenvalue weighted by Gasteiger charge is 2.33. The zero-order valence-electron chi connectivity index (χ0n) is 17.4. The summed E-state index contributed by atoms with van der Waals surface area (Å²) in [6.07, 6.45) is 1.35. The molecule has 31 heavy (non-hydrogen) atoms. The lowest BCUT2D eigenvalue weighted by Crippen LogP contribution is -2.45. The van der Waals surface area contributed by atoms with Crippen LogP contribution < -0.4 is 10.1 Å². The molecule has 1 heterocycles. The minimum atomic E-state index is -3.64. The highest BCUT2D eigenvalue weighted by Crippen LogP contribution is 2.25. The fraction of sp³-hybridized carbons (Fsp3) is 0.409. The van der Waals surface area contributed by atoms with Crippen LogP contribution in [0.4, 0.5) is 0 Å². The summed E-state index contributed by atoms with van der Waals surface area (Å²) in [6, 6.07) is 14.0. The van der Waals surface area contributed by atoms with E-state index in [1.165, 1.54) is 23.5 Å². The van der Waals surface area contributed by atoms with Gasteiger partial charge in [0.2, 0.25) is 15.9 Å². The average Bonchev–Trinajstić information content (AvgIpc) is 2.80. The van der Waals surface area contributed by atoms with Crippen molar-refractivity contribution in [2.24, 2.45) is 5.92 Å². The van der Waals surface area contributed by atoms with Gasteiger partial charge in [-0.25, -0.2) is 8.42 Å². The molecule has 1 atom stereocenters. The maximum atomic E-state index is 13.0. The van der Waals surface area contributed by atoms with E-state index in [4.69, 9.17) is 16.3 Å². The summed E-state index contributed by atoms with van der Waals surface area (Å²) in [6.45, 7) is 1.16. The topological polar surface area (TPSA) is 75.7 Å². The highest BCUT2D eigenvalue weighted by atomic mass is 35.5. The van der Waals surface area contributed by atoms with Crippen molar-refractivity contribution in [2.45, 2.75) is 23.5 Å². The van der Waals surface area contributed by atoms with Crippen molar-refractivity contribution in [3.05, 3.63) is 59.1 Å². The van der Waals surface area contributed by atoms with E-state index < -0.39 is 10.0 Å². The molecule has 1 aliphatic heterocycles. The van der Waals surface area contributed by atoms with E-state index in [1.54, 1.807) is 23.9 Å². The number of thioether (sulfide) groups is 1. The summed E-state index contributed by atoms with van der Waals surface area (Å²) in [5.74, 6) is 1.72. The van der Waals surface area contributed by atoms with Gasteiger partial charge < -0.3 is 10.1 Å². The Balaban J connectivity index is 1.48. The number of ether oxygens (including phenoxy) is 1. The molecule has 3 rings (SSSR count). The van der Waals surface area contributed by atoms with Crippen LogP contribution in [0, 0.1) is 5.92 Å². The minimum Gasteiger partial charge on any atom is -0.497 e. The Labute approximate surface area is 193 Å². The average molecular weight is 483 g/mol. The molecule has 0 radical (unpaired) electrons. The molecule has 2 aromatic rings. The molecule has 1 aliphatic rings. The number of rotatable bonds is 9. The molecule has 1 N–H and O–H groups in total. The minimum absolute atomic E-state index is 0.0898. The first-order valence-corrected chi connectivity index (χ1v) is 13.1. The smallest absolute Gasteiger partial charge is 0.243 e. The van der Waals surface area contributed by atoms with Crippen LogP contribution in [-0.2, 0) is 20.6 Å². The van der Waals surface area contributed by atoms with Gasteiger partial charge in [-0.15, -0.1) is 0 Å². The second-order valence-corrected chi connectivity index (χ2v) is 10.8. The number of benzene rings is 2. The van der Waals surface area contributed by atoms with Crippen molar-refractivity contribution in [2.75, 3.05) is 32.5 Å². The second-order valence-electron chi connectivity index (χ2n) is 7.31. The summed E-state index contributed by atoms with van der Waals surface area (Å²) in [4.78, 5) is 12.8. The number of carbonyl (C=O) groups excluding carboxylic acids is 1. The van der Waals surface area contributed by atoms with Crippen molar-refractivity contribution in [3.63, 3.8) is 0 Å². The predicted octanol–water partition coefficient (Wildman–Crippen LogP) is 3.80. The number of carbonyl (C=O) groups is 1. The zero-order chi connectivity index (χ0) is 22.3. The van der Waals surface area contributed by atoms with E-state index >= 15 is 0 Å². The third-order valence-electron chi connectivity index (χ3n) is 5.21. The van der Waals surface area contributed by atoms with Crippen LogP contribution in [0.25, 0.3) is 0 Å². The molecule has 0 saturated carbocycles. The van der Waals surface area contributed by atoms with Crippen LogP contribution in [0.2, 0.25) is 5.02 Å². The van der Waals surface area contributed by atoms with Crippen molar-refractivity contribution in [1.82, 2.24) is 9.62 Å². The van der Waals surface area contributed by atoms with Gasteiger partial charge >= 0.3 is 0 Å². The number of halogens is 1. The van der Waals surface area contributed by atoms with Crippen molar-refractivity contribution in [1.29, 1.82) is 0 Å². The van der Waals surface area contributed by atoms with Gasteiger partial charge in [0, 0.05) is 36.2 Å². The van der Waals surface area contributed by atoms with Gasteiger partial charge in [0.15, 0.2) is 0 Å². The lowest BCUT2D eigenvalue weighted by Gasteiger charge is -2.31. The molecule has 6 nitrogen and oxygen atoms in total. The Morgan fingerprint density at radius 2 is 1.97 bits per heavy atom. The Kier molecular flexibility index (Phi) is 8.66. The third-order valence-corrected chi connectivity index (χ3v) is 8.47. The zero-order valence-corrected chi connectivity index (χ0v) is 19.8. The number of methoxy groups -OCH3 is 1. The van der Waals surface area contributed by atoms with Crippen LogP contribution in [0.1, 0.15) is 18.4 Å². The largest absolute Gasteiger partial charge is 0.497 e. The Morgan fingerprint density at radius 3 is 2.68 bits per heavy atom. The van der Waals surface area contributed by atoms with Gasteiger partial charge in [-0.2, -0.15) is 16.1 Å². The van der Waals surface area contributed by atoms with E-state index in [1.807, 2.05) is 24.3 Å². The highest BCUT2D eigenvalue weighted by molar-refractivity contribution is 7.98. The Hall–Kier alpha value is -1.74. The standard InChI is InChI=1S/C22H27ClN2O4S2/c1-29-19-8-10-20(11-9-19)31(27,28)25-13-4-6-17(15-25)22(26)24-12-14-30-16-18-5-2-3-7-21(18)23/h2-3,5,7-11,17H,4,6,12-16H2,1H3,(H,24,26)/t17-/m1/s1. The first-order chi connectivity index (χ1) is 14.9. The Morgan fingerprint density at radius 1 is 1.23 bits per heavy atom. The number of amides is 1. The quantitative estimate of drug-likeness (QED) is 0.550. The fourth-order valence-electron chi connectivity index (χ4n) is 3.46. The molecule has 0 spiro atoms. The number of nitrogens with one attached hydrogen (secondary N) is 1. The molecule has 0 unspecified atom stereocenters. The molecule has 1 saturated heterocycles. The van der Waals surface area contributed by atoms with E-state index in [-0.39, 0.29) is 23.3 Å². The molecule has 1 amide bonds. The normalized spacial score (nSPS) is 17.3. The summed E-state index contributed by atoms with van der Waals surface area (Å²) in [7, 11) is -2.10. The van der Waals surface area contributed by atoms with Crippen LogP contribution in [0.3, 0.4) is 0 Å². The summed E-state index contributed by atoms with van der Waals surface area (Å²) in [5.41, 5.74) is 1.08. The first-order valence-electron chi connectivity index (χ1n) is 10.1. The van der Waals surface area contributed by atoms with Gasteiger partial charge in [0.25, 0.3) is 0 Å². The SMILES string of the molecule is COc1ccc(S(=O)(=O)N2CCC[C@@H](C(=O)NCCSCc3ccccc3Cl)C2)cc1. The molecule has 0 bridgehead atoms. The summed E-state index contributed by atoms with van der Waals surface area (Å²) < 4.78 is 32.4. The number of nitrogens with zero attached hydrogens (tertiary/aromatic N) is 1. The number of piperidine rings is 1. The summed E-state index contributed by atoms with van der Waals surface area (Å²) in [5, 5.41) is 3.70. The van der Waals surface area contributed by atoms with Gasteiger partial charge in [0.05, 0.1) is 17.9 Å². The second kappa shape index (κ2) is 11.2. The maximum absolute atomic E-state index is 13.0. The van der Waals surface area contributed by atoms with Gasteiger partial charge in [-0.05, 0) is 48.7 Å². The molecule has 1 fully saturated rings. The number of hydrogen-bond acceptors (Lipinski definition) is 5. The van der Waals surface area contributed by atoms with Crippen LogP contribution in [0.15, 0.2) is 53.4 Å². The number of hydrogen-bond donors (Lipinski definition) is 1. The molecule has 9 heteroatoms. The van der Waals surface area contributed by atoms with Crippen molar-refractivity contribution in [3.8, 4) is 5.75 Å². The molecule has 0 aliphatic carbocycles. The van der Waals surface area contributed by atoms with E-state index in [0.717, 1.165) is 22.1 Å². The first kappa shape index (κ1) is 23.9. The van der Waals surface area contributed by atoms with E-state index in [2.05, 4.69) is 5.32 Å². The summed E-state index contributed by atoms with van der Waals surface area (Å²) >= 11 is 7.85. The van der Waals surface area contributed by atoms with Crippen LogP contribution in [0.5, 0.6) is 5.75 Å². The predicted molar refractivity (Wildman–Crippen MR) is 125 cm³/mol. The molecular weight excluding hydrogens is 456 g/mol. The lowest BCUT2D eigenvalue weighted by molar-refractivity contribution is -0.125. The molecule has 2 aromatic carbocycles. The Bertz CT molecular complexity index is 983. The molecule has 168 valence electrons. The van der Waals surface area contributed by atoms with Gasteiger partial charge in [0.1, 0.15) is 5.75 Å². The van der Waals surface area contributed by atoms with Gasteiger partial charge in [-0.3, -0.25) is 4.79 Å². The van der Waals surface area contributed by atoms with Gasteiger partial charge in [-0.1, -0.05) is 29.8 Å². The van der Waals surface area contributed by atoms with Crippen LogP contribution >= 0.6 is 23.4 Å². The molecular formula is C22H27ClN2O4S2. The van der Waals surface area contributed by atoms with Crippen molar-refractivity contribution < 1.29 is 17.9 Å². The van der Waals surface area contributed by atoms with E-state index in [9.17, 15) is 13.2 Å².